The molecule has 0 spiro atoms. The van der Waals surface area contributed by atoms with Crippen molar-refractivity contribution in [3.05, 3.63) is 35.0 Å². The number of nitrogens with zero attached hydrogens (tertiary/aromatic N) is 4. The summed E-state index contributed by atoms with van der Waals surface area (Å²) in [5, 5.41) is 4.37. The molecule has 2 aromatic heterocycles. The van der Waals surface area contributed by atoms with Gasteiger partial charge in [0, 0.05) is 19.5 Å². The van der Waals surface area contributed by atoms with Gasteiger partial charge in [0.15, 0.2) is 12.1 Å². The molecule has 2 aromatic rings. The SMILES string of the molecule is COCc1nn(-c2cnccn2)c(Cl)c1C=O. The second kappa shape index (κ2) is 5.03. The lowest BCUT2D eigenvalue weighted by Gasteiger charge is -1.99. The minimum absolute atomic E-state index is 0.201. The van der Waals surface area contributed by atoms with E-state index in [4.69, 9.17) is 16.3 Å². The van der Waals surface area contributed by atoms with E-state index in [-0.39, 0.29) is 11.8 Å². The van der Waals surface area contributed by atoms with Crippen LogP contribution in [0, 0.1) is 0 Å². The van der Waals surface area contributed by atoms with Crippen LogP contribution in [-0.4, -0.2) is 33.1 Å². The molecule has 7 heteroatoms. The number of halogens is 1. The molecule has 0 aliphatic heterocycles. The van der Waals surface area contributed by atoms with Gasteiger partial charge in [-0.25, -0.2) is 9.67 Å². The van der Waals surface area contributed by atoms with Crippen molar-refractivity contribution in [2.24, 2.45) is 0 Å². The van der Waals surface area contributed by atoms with Crippen molar-refractivity contribution in [1.29, 1.82) is 0 Å². The van der Waals surface area contributed by atoms with Gasteiger partial charge in [0.2, 0.25) is 0 Å². The summed E-state index contributed by atoms with van der Waals surface area (Å²) in [6.45, 7) is 0.209. The highest BCUT2D eigenvalue weighted by Gasteiger charge is 2.17. The average molecular weight is 253 g/mol. The van der Waals surface area contributed by atoms with Crippen molar-refractivity contribution >= 4 is 17.9 Å². The number of hydrogen-bond acceptors (Lipinski definition) is 5. The fourth-order valence-electron chi connectivity index (χ4n) is 1.36. The number of aromatic nitrogens is 4. The highest BCUT2D eigenvalue weighted by molar-refractivity contribution is 6.32. The number of ether oxygens (including phenoxy) is 1. The Morgan fingerprint density at radius 1 is 1.53 bits per heavy atom. The third-order valence-corrected chi connectivity index (χ3v) is 2.47. The molecule has 0 bridgehead atoms. The Hall–Kier alpha value is -1.79. The van der Waals surface area contributed by atoms with Crippen molar-refractivity contribution in [2.75, 3.05) is 7.11 Å². The van der Waals surface area contributed by atoms with Crippen LogP contribution in [0.1, 0.15) is 16.1 Å². The number of methoxy groups -OCH3 is 1. The monoisotopic (exact) mass is 252 g/mol. The average Bonchev–Trinajstić information content (AvgIpc) is 2.67. The minimum atomic E-state index is 0.201. The molecule has 0 saturated heterocycles. The Morgan fingerprint density at radius 3 is 2.94 bits per heavy atom. The minimum Gasteiger partial charge on any atom is -0.378 e. The standard InChI is InChI=1S/C10H9ClN4O2/c1-17-6-8-7(5-16)10(11)15(14-8)9-4-12-2-3-13-9/h2-5H,6H2,1H3. The van der Waals surface area contributed by atoms with E-state index >= 15 is 0 Å². The maximum Gasteiger partial charge on any atom is 0.173 e. The first-order valence-corrected chi connectivity index (χ1v) is 5.13. The first-order valence-electron chi connectivity index (χ1n) is 4.75. The first-order chi connectivity index (χ1) is 8.27. The normalized spacial score (nSPS) is 10.5. The van der Waals surface area contributed by atoms with Crippen LogP contribution in [0.25, 0.3) is 5.82 Å². The Kier molecular flexibility index (Phi) is 3.46. The smallest absolute Gasteiger partial charge is 0.173 e. The van der Waals surface area contributed by atoms with Gasteiger partial charge in [0.25, 0.3) is 0 Å². The van der Waals surface area contributed by atoms with Crippen LogP contribution in [0.15, 0.2) is 18.6 Å². The number of carbonyl (C=O) groups is 1. The van der Waals surface area contributed by atoms with Gasteiger partial charge in [-0.1, -0.05) is 11.6 Å². The molecule has 0 fully saturated rings. The van der Waals surface area contributed by atoms with E-state index in [1.54, 1.807) is 0 Å². The highest BCUT2D eigenvalue weighted by atomic mass is 35.5. The maximum absolute atomic E-state index is 10.9. The van der Waals surface area contributed by atoms with Crippen LogP contribution >= 0.6 is 11.6 Å². The molecule has 0 radical (unpaired) electrons. The molecule has 2 rings (SSSR count). The summed E-state index contributed by atoms with van der Waals surface area (Å²) in [6, 6.07) is 0. The van der Waals surface area contributed by atoms with E-state index in [0.717, 1.165) is 0 Å². The van der Waals surface area contributed by atoms with Gasteiger partial charge in [0.05, 0.1) is 18.4 Å². The molecule has 0 unspecified atom stereocenters. The van der Waals surface area contributed by atoms with E-state index in [1.807, 2.05) is 0 Å². The first kappa shape index (κ1) is 11.7. The second-order valence-corrected chi connectivity index (χ2v) is 3.54. The Labute approximate surface area is 102 Å². The van der Waals surface area contributed by atoms with Gasteiger partial charge in [-0.3, -0.25) is 9.78 Å². The third-order valence-electron chi connectivity index (χ3n) is 2.11. The van der Waals surface area contributed by atoms with E-state index in [9.17, 15) is 4.79 Å². The second-order valence-electron chi connectivity index (χ2n) is 3.18. The molecular formula is C10H9ClN4O2. The summed E-state index contributed by atoms with van der Waals surface area (Å²) in [5.74, 6) is 0.447. The molecule has 2 heterocycles. The van der Waals surface area contributed by atoms with Gasteiger partial charge >= 0.3 is 0 Å². The lowest BCUT2D eigenvalue weighted by atomic mass is 10.3. The number of aldehydes is 1. The van der Waals surface area contributed by atoms with Gasteiger partial charge in [-0.2, -0.15) is 5.10 Å². The van der Waals surface area contributed by atoms with Crippen LogP contribution < -0.4 is 0 Å². The van der Waals surface area contributed by atoms with Crippen LogP contribution in [0.4, 0.5) is 0 Å². The molecule has 88 valence electrons. The summed E-state index contributed by atoms with van der Waals surface area (Å²) < 4.78 is 6.30. The van der Waals surface area contributed by atoms with E-state index in [0.29, 0.717) is 23.4 Å². The zero-order valence-electron chi connectivity index (χ0n) is 9.00. The third kappa shape index (κ3) is 2.17. The van der Waals surface area contributed by atoms with Crippen LogP contribution in [0.3, 0.4) is 0 Å². The predicted molar refractivity (Wildman–Crippen MR) is 60.3 cm³/mol. The lowest BCUT2D eigenvalue weighted by Crippen LogP contribution is -2.00. The summed E-state index contributed by atoms with van der Waals surface area (Å²) in [6.07, 6.45) is 5.21. The van der Waals surface area contributed by atoms with Crippen molar-refractivity contribution in [2.45, 2.75) is 6.61 Å². The Balaban J connectivity index is 2.52. The fraction of sp³-hybridized carbons (Fsp3) is 0.200. The van der Waals surface area contributed by atoms with Crippen molar-refractivity contribution < 1.29 is 9.53 Å². The lowest BCUT2D eigenvalue weighted by molar-refractivity contribution is 0.111. The van der Waals surface area contributed by atoms with Crippen LogP contribution in [0.5, 0.6) is 0 Å². The summed E-state index contributed by atoms with van der Waals surface area (Å²) in [4.78, 5) is 18.9. The highest BCUT2D eigenvalue weighted by Crippen LogP contribution is 2.21. The summed E-state index contributed by atoms with van der Waals surface area (Å²) in [7, 11) is 1.52. The summed E-state index contributed by atoms with van der Waals surface area (Å²) >= 11 is 6.05. The zero-order valence-corrected chi connectivity index (χ0v) is 9.76. The maximum atomic E-state index is 10.9. The molecule has 0 aliphatic rings. The zero-order chi connectivity index (χ0) is 12.3. The molecule has 0 aliphatic carbocycles. The van der Waals surface area contributed by atoms with Gasteiger partial charge in [-0.05, 0) is 0 Å². The fourth-order valence-corrected chi connectivity index (χ4v) is 1.64. The Morgan fingerprint density at radius 2 is 2.35 bits per heavy atom. The molecule has 17 heavy (non-hydrogen) atoms. The number of carbonyl (C=O) groups excluding carboxylic acids is 1. The van der Waals surface area contributed by atoms with E-state index in [1.165, 1.54) is 30.4 Å². The van der Waals surface area contributed by atoms with E-state index in [2.05, 4.69) is 15.1 Å². The van der Waals surface area contributed by atoms with Gasteiger partial charge in [0.1, 0.15) is 10.8 Å². The van der Waals surface area contributed by atoms with Crippen LogP contribution in [0.2, 0.25) is 5.15 Å². The number of rotatable bonds is 4. The van der Waals surface area contributed by atoms with Crippen LogP contribution in [-0.2, 0) is 11.3 Å². The van der Waals surface area contributed by atoms with E-state index < -0.39 is 0 Å². The van der Waals surface area contributed by atoms with Crippen molar-refractivity contribution in [1.82, 2.24) is 19.7 Å². The number of hydrogen-bond donors (Lipinski definition) is 0. The molecule has 0 N–H and O–H groups in total. The molecule has 0 atom stereocenters. The predicted octanol–water partition coefficient (Wildman–Crippen LogP) is 1.27. The molecule has 0 aromatic carbocycles. The Bertz CT molecular complexity index is 527. The molecular weight excluding hydrogens is 244 g/mol. The topological polar surface area (TPSA) is 69.9 Å². The van der Waals surface area contributed by atoms with Gasteiger partial charge < -0.3 is 4.74 Å². The summed E-state index contributed by atoms with van der Waals surface area (Å²) in [5.41, 5.74) is 0.775. The molecule has 0 saturated carbocycles. The molecule has 6 nitrogen and oxygen atoms in total. The molecule has 0 amide bonds. The van der Waals surface area contributed by atoms with Crippen molar-refractivity contribution in [3.63, 3.8) is 0 Å². The van der Waals surface area contributed by atoms with Gasteiger partial charge in [-0.15, -0.1) is 0 Å². The quantitative estimate of drug-likeness (QED) is 0.767. The largest absolute Gasteiger partial charge is 0.378 e. The van der Waals surface area contributed by atoms with Crippen molar-refractivity contribution in [3.8, 4) is 5.82 Å².